The molecule has 0 saturated heterocycles. The Balaban J connectivity index is 2.38. The van der Waals surface area contributed by atoms with E-state index >= 15 is 0 Å². The van der Waals surface area contributed by atoms with Crippen LogP contribution in [0.15, 0.2) is 0 Å². The molecule has 0 aliphatic heterocycles. The van der Waals surface area contributed by atoms with E-state index in [9.17, 15) is 4.79 Å². The molecule has 0 aromatic carbocycles. The highest BCUT2D eigenvalue weighted by Gasteiger charge is 2.26. The van der Waals surface area contributed by atoms with E-state index in [1.807, 2.05) is 0 Å². The molecule has 1 amide bonds. The van der Waals surface area contributed by atoms with Crippen LogP contribution in [0.4, 0.5) is 0 Å². The van der Waals surface area contributed by atoms with Gasteiger partial charge in [-0.2, -0.15) is 0 Å². The lowest BCUT2D eigenvalue weighted by Crippen LogP contribution is -2.56. The van der Waals surface area contributed by atoms with Gasteiger partial charge in [0.1, 0.15) is 5.54 Å². The molecule has 0 atom stereocenters. The Labute approximate surface area is 96.0 Å². The summed E-state index contributed by atoms with van der Waals surface area (Å²) in [4.78, 5) is 11.1. The van der Waals surface area contributed by atoms with E-state index in [-0.39, 0.29) is 0 Å². The summed E-state index contributed by atoms with van der Waals surface area (Å²) in [6, 6.07) is 0.452. The fraction of sp³-hybridized carbons (Fsp3) is 0.800. The number of primary amides is 1. The molecule has 0 bridgehead atoms. The minimum atomic E-state index is -0.789. The van der Waals surface area contributed by atoms with Crippen molar-refractivity contribution < 1.29 is 4.79 Å². The first-order valence-electron chi connectivity index (χ1n) is 5.30. The predicted octanol–water partition coefficient (Wildman–Crippen LogP) is 0.657. The highest BCUT2D eigenvalue weighted by atomic mass is 32.1. The van der Waals surface area contributed by atoms with Crippen molar-refractivity contribution in [3.05, 3.63) is 0 Å². The molecule has 4 N–H and O–H groups in total. The van der Waals surface area contributed by atoms with Gasteiger partial charge in [-0.25, -0.2) is 0 Å². The Morgan fingerprint density at radius 2 is 1.93 bits per heavy atom. The fourth-order valence-electron chi connectivity index (χ4n) is 1.64. The number of hydrogen-bond donors (Lipinski definition) is 3. The number of hydrogen-bond acceptors (Lipinski definition) is 2. The molecule has 0 aromatic heterocycles. The molecule has 15 heavy (non-hydrogen) atoms. The quantitative estimate of drug-likeness (QED) is 0.622. The summed E-state index contributed by atoms with van der Waals surface area (Å²) in [5, 5.41) is 6.65. The van der Waals surface area contributed by atoms with Gasteiger partial charge < -0.3 is 16.4 Å². The molecule has 0 unspecified atom stereocenters. The van der Waals surface area contributed by atoms with Gasteiger partial charge in [0, 0.05) is 6.04 Å². The molecular formula is C10H19N3OS. The van der Waals surface area contributed by atoms with Crippen LogP contribution in [-0.2, 0) is 4.79 Å². The highest BCUT2D eigenvalue weighted by molar-refractivity contribution is 7.80. The van der Waals surface area contributed by atoms with E-state index in [0.717, 1.165) is 12.8 Å². The van der Waals surface area contributed by atoms with E-state index in [2.05, 4.69) is 10.6 Å². The fourth-order valence-corrected chi connectivity index (χ4v) is 2.06. The Morgan fingerprint density at radius 3 is 2.40 bits per heavy atom. The Kier molecular flexibility index (Phi) is 3.90. The van der Waals surface area contributed by atoms with Crippen LogP contribution in [0.1, 0.15) is 39.5 Å². The lowest BCUT2D eigenvalue weighted by atomic mass is 10.1. The van der Waals surface area contributed by atoms with Crippen molar-refractivity contribution in [2.24, 2.45) is 5.73 Å². The topological polar surface area (TPSA) is 67.2 Å². The average Bonchev–Trinajstić information content (AvgIpc) is 2.54. The van der Waals surface area contributed by atoms with Gasteiger partial charge in [0.25, 0.3) is 0 Å². The molecule has 1 aliphatic rings. The summed E-state index contributed by atoms with van der Waals surface area (Å²) >= 11 is 5.13. The predicted molar refractivity (Wildman–Crippen MR) is 64.4 cm³/mol. The second-order valence-electron chi connectivity index (χ2n) is 4.57. The molecule has 5 heteroatoms. The number of amides is 1. The van der Waals surface area contributed by atoms with Gasteiger partial charge in [0.15, 0.2) is 5.11 Å². The summed E-state index contributed by atoms with van der Waals surface area (Å²) in [6.45, 7) is 3.44. The van der Waals surface area contributed by atoms with Crippen LogP contribution < -0.4 is 16.4 Å². The van der Waals surface area contributed by atoms with Gasteiger partial charge in [-0.05, 0) is 38.9 Å². The summed E-state index contributed by atoms with van der Waals surface area (Å²) in [5.74, 6) is -0.405. The van der Waals surface area contributed by atoms with Gasteiger partial charge >= 0.3 is 0 Å². The maximum absolute atomic E-state index is 11.1. The van der Waals surface area contributed by atoms with Gasteiger partial charge in [-0.1, -0.05) is 12.8 Å². The van der Waals surface area contributed by atoms with E-state index in [1.54, 1.807) is 13.8 Å². The molecule has 1 fully saturated rings. The first-order valence-corrected chi connectivity index (χ1v) is 5.71. The van der Waals surface area contributed by atoms with Crippen LogP contribution in [0, 0.1) is 0 Å². The first kappa shape index (κ1) is 12.2. The Hall–Kier alpha value is -0.840. The highest BCUT2D eigenvalue weighted by Crippen LogP contribution is 2.17. The normalized spacial score (nSPS) is 17.5. The minimum absolute atomic E-state index is 0.405. The van der Waals surface area contributed by atoms with E-state index in [0.29, 0.717) is 11.2 Å². The summed E-state index contributed by atoms with van der Waals surface area (Å²) < 4.78 is 0. The average molecular weight is 229 g/mol. The van der Waals surface area contributed by atoms with Crippen LogP contribution in [0.3, 0.4) is 0 Å². The number of thiocarbonyl (C=S) groups is 1. The Morgan fingerprint density at radius 1 is 1.40 bits per heavy atom. The van der Waals surface area contributed by atoms with E-state index < -0.39 is 11.4 Å². The number of carbonyl (C=O) groups excluding carboxylic acids is 1. The summed E-state index contributed by atoms with van der Waals surface area (Å²) in [7, 11) is 0. The lowest BCUT2D eigenvalue weighted by Gasteiger charge is -2.26. The van der Waals surface area contributed by atoms with Crippen LogP contribution >= 0.6 is 12.2 Å². The van der Waals surface area contributed by atoms with E-state index in [4.69, 9.17) is 18.0 Å². The lowest BCUT2D eigenvalue weighted by molar-refractivity contribution is -0.122. The zero-order chi connectivity index (χ0) is 11.5. The third-order valence-electron chi connectivity index (χ3n) is 2.73. The van der Waals surface area contributed by atoms with Crippen molar-refractivity contribution in [1.29, 1.82) is 0 Å². The molecule has 1 aliphatic carbocycles. The van der Waals surface area contributed by atoms with Crippen molar-refractivity contribution in [2.75, 3.05) is 0 Å². The largest absolute Gasteiger partial charge is 0.368 e. The monoisotopic (exact) mass is 229 g/mol. The van der Waals surface area contributed by atoms with Gasteiger partial charge in [0.05, 0.1) is 0 Å². The van der Waals surface area contributed by atoms with E-state index in [1.165, 1.54) is 12.8 Å². The molecule has 86 valence electrons. The van der Waals surface area contributed by atoms with Crippen LogP contribution in [0.25, 0.3) is 0 Å². The van der Waals surface area contributed by atoms with Crippen molar-refractivity contribution in [2.45, 2.75) is 51.1 Å². The van der Waals surface area contributed by atoms with Crippen molar-refractivity contribution >= 4 is 23.2 Å². The molecule has 0 radical (unpaired) electrons. The first-order chi connectivity index (χ1) is 6.92. The standard InChI is InChI=1S/C10H19N3OS/c1-10(2,8(11)14)13-9(15)12-7-5-3-4-6-7/h7H,3-6H2,1-2H3,(H2,11,14)(H2,12,13,15). The van der Waals surface area contributed by atoms with Gasteiger partial charge in [0.2, 0.25) is 5.91 Å². The molecule has 0 aromatic rings. The molecular weight excluding hydrogens is 210 g/mol. The zero-order valence-electron chi connectivity index (χ0n) is 9.30. The van der Waals surface area contributed by atoms with Crippen LogP contribution in [-0.4, -0.2) is 22.6 Å². The molecule has 0 heterocycles. The molecule has 1 saturated carbocycles. The third kappa shape index (κ3) is 3.66. The van der Waals surface area contributed by atoms with Crippen molar-refractivity contribution in [3.63, 3.8) is 0 Å². The maximum atomic E-state index is 11.1. The second-order valence-corrected chi connectivity index (χ2v) is 4.98. The Bertz CT molecular complexity index is 259. The van der Waals surface area contributed by atoms with Crippen molar-refractivity contribution in [3.8, 4) is 0 Å². The molecule has 4 nitrogen and oxygen atoms in total. The SMILES string of the molecule is CC(C)(NC(=S)NC1CCCC1)C(N)=O. The number of carbonyl (C=O) groups is 1. The second kappa shape index (κ2) is 4.79. The van der Waals surface area contributed by atoms with Gasteiger partial charge in [-0.3, -0.25) is 4.79 Å². The van der Waals surface area contributed by atoms with Crippen LogP contribution in [0.5, 0.6) is 0 Å². The molecule has 0 spiro atoms. The summed E-state index contributed by atoms with van der Waals surface area (Å²) in [6.07, 6.45) is 4.80. The summed E-state index contributed by atoms with van der Waals surface area (Å²) in [5.41, 5.74) is 4.45. The third-order valence-corrected chi connectivity index (χ3v) is 2.95. The maximum Gasteiger partial charge on any atom is 0.242 e. The number of rotatable bonds is 3. The minimum Gasteiger partial charge on any atom is -0.368 e. The number of nitrogens with one attached hydrogen (secondary N) is 2. The van der Waals surface area contributed by atoms with Crippen molar-refractivity contribution in [1.82, 2.24) is 10.6 Å². The van der Waals surface area contributed by atoms with Gasteiger partial charge in [-0.15, -0.1) is 0 Å². The molecule has 1 rings (SSSR count). The smallest absolute Gasteiger partial charge is 0.242 e. The zero-order valence-corrected chi connectivity index (χ0v) is 10.1. The number of nitrogens with two attached hydrogens (primary N) is 1. The van der Waals surface area contributed by atoms with Crippen LogP contribution in [0.2, 0.25) is 0 Å².